The van der Waals surface area contributed by atoms with Crippen LogP contribution in [0.15, 0.2) is 29.8 Å². The van der Waals surface area contributed by atoms with Gasteiger partial charge in [-0.05, 0) is 68.1 Å². The van der Waals surface area contributed by atoms with Gasteiger partial charge in [-0.15, -0.1) is 0 Å². The number of carbonyl (C=O) groups is 1. The van der Waals surface area contributed by atoms with Crippen molar-refractivity contribution in [3.05, 3.63) is 46.5 Å². The van der Waals surface area contributed by atoms with Crippen LogP contribution in [-0.4, -0.2) is 26.7 Å². The second-order valence-corrected chi connectivity index (χ2v) is 7.09. The Kier molecular flexibility index (Phi) is 5.26. The van der Waals surface area contributed by atoms with Gasteiger partial charge < -0.3 is 14.4 Å². The monoisotopic (exact) mass is 365 g/mol. The maximum atomic E-state index is 12.5. The molecular formula is C23H27NO3. The van der Waals surface area contributed by atoms with Crippen molar-refractivity contribution in [2.24, 2.45) is 0 Å². The first kappa shape index (κ1) is 19.0. The molecule has 2 aromatic carbocycles. The lowest BCUT2D eigenvalue weighted by molar-refractivity contribution is -0.117. The Hall–Kier alpha value is -2.75. The molecule has 0 bridgehead atoms. The number of nitrogens with zero attached hydrogens (tertiary/aromatic N) is 1. The highest BCUT2D eigenvalue weighted by atomic mass is 16.5. The van der Waals surface area contributed by atoms with Gasteiger partial charge in [-0.3, -0.25) is 4.79 Å². The standard InChI is InChI=1S/C23H27NO3/c1-7-24-18-9-8-15(4)22(17(18)13-21(24)25)23-19(26-5)11-16(10-14(2)3)12-20(23)27-6/h8-12H,7,13H2,1-6H3. The summed E-state index contributed by atoms with van der Waals surface area (Å²) in [6.45, 7) is 8.86. The van der Waals surface area contributed by atoms with E-state index in [1.54, 1.807) is 14.2 Å². The number of rotatable bonds is 5. The minimum Gasteiger partial charge on any atom is -0.496 e. The van der Waals surface area contributed by atoms with E-state index in [2.05, 4.69) is 32.9 Å². The number of ether oxygens (including phenoxy) is 2. The summed E-state index contributed by atoms with van der Waals surface area (Å²) < 4.78 is 11.5. The normalized spacial score (nSPS) is 12.8. The van der Waals surface area contributed by atoms with E-state index in [0.717, 1.165) is 45.0 Å². The average molecular weight is 365 g/mol. The summed E-state index contributed by atoms with van der Waals surface area (Å²) in [6.07, 6.45) is 2.50. The Morgan fingerprint density at radius 2 is 1.74 bits per heavy atom. The van der Waals surface area contributed by atoms with Crippen molar-refractivity contribution in [1.29, 1.82) is 0 Å². The first-order valence-electron chi connectivity index (χ1n) is 9.25. The Balaban J connectivity index is 2.31. The van der Waals surface area contributed by atoms with Gasteiger partial charge >= 0.3 is 0 Å². The molecule has 1 amide bonds. The van der Waals surface area contributed by atoms with Gasteiger partial charge in [-0.25, -0.2) is 0 Å². The van der Waals surface area contributed by atoms with Crippen LogP contribution in [0.4, 0.5) is 5.69 Å². The molecule has 0 unspecified atom stereocenters. The van der Waals surface area contributed by atoms with Gasteiger partial charge in [0.2, 0.25) is 5.91 Å². The highest BCUT2D eigenvalue weighted by Crippen LogP contribution is 2.47. The maximum absolute atomic E-state index is 12.5. The quantitative estimate of drug-likeness (QED) is 0.747. The first-order valence-corrected chi connectivity index (χ1v) is 9.25. The summed E-state index contributed by atoms with van der Waals surface area (Å²) in [6, 6.07) is 8.16. The van der Waals surface area contributed by atoms with E-state index in [-0.39, 0.29) is 5.91 Å². The van der Waals surface area contributed by atoms with Crippen molar-refractivity contribution in [1.82, 2.24) is 0 Å². The Morgan fingerprint density at radius 3 is 2.26 bits per heavy atom. The van der Waals surface area contributed by atoms with Crippen LogP contribution in [0.3, 0.4) is 0 Å². The molecule has 0 atom stereocenters. The van der Waals surface area contributed by atoms with Crippen LogP contribution in [0, 0.1) is 6.92 Å². The summed E-state index contributed by atoms with van der Waals surface area (Å²) in [5, 5.41) is 0. The third kappa shape index (κ3) is 3.32. The molecule has 1 aliphatic heterocycles. The van der Waals surface area contributed by atoms with Crippen molar-refractivity contribution in [2.75, 3.05) is 25.7 Å². The first-order chi connectivity index (χ1) is 12.9. The van der Waals surface area contributed by atoms with Crippen LogP contribution in [0.1, 0.15) is 37.5 Å². The molecule has 3 rings (SSSR count). The zero-order valence-electron chi connectivity index (χ0n) is 17.0. The molecule has 0 radical (unpaired) electrons. The fourth-order valence-electron chi connectivity index (χ4n) is 3.86. The molecule has 142 valence electrons. The number of amides is 1. The fourth-order valence-corrected chi connectivity index (χ4v) is 3.86. The molecule has 4 nitrogen and oxygen atoms in total. The third-order valence-electron chi connectivity index (χ3n) is 4.97. The topological polar surface area (TPSA) is 38.8 Å². The van der Waals surface area contributed by atoms with E-state index in [0.29, 0.717) is 13.0 Å². The third-order valence-corrected chi connectivity index (χ3v) is 4.97. The van der Waals surface area contributed by atoms with E-state index >= 15 is 0 Å². The predicted molar refractivity (Wildman–Crippen MR) is 111 cm³/mol. The van der Waals surface area contributed by atoms with Gasteiger partial charge in [0.05, 0.1) is 26.2 Å². The van der Waals surface area contributed by atoms with Crippen LogP contribution in [0.2, 0.25) is 0 Å². The maximum Gasteiger partial charge on any atom is 0.231 e. The molecule has 0 N–H and O–H groups in total. The van der Waals surface area contributed by atoms with Gasteiger partial charge in [0, 0.05) is 12.2 Å². The van der Waals surface area contributed by atoms with Crippen molar-refractivity contribution in [2.45, 2.75) is 34.1 Å². The zero-order chi connectivity index (χ0) is 19.7. The number of hydrogen-bond acceptors (Lipinski definition) is 3. The Morgan fingerprint density at radius 1 is 1.11 bits per heavy atom. The van der Waals surface area contributed by atoms with Crippen LogP contribution in [0.25, 0.3) is 17.2 Å². The zero-order valence-corrected chi connectivity index (χ0v) is 17.0. The van der Waals surface area contributed by atoms with E-state index in [9.17, 15) is 4.79 Å². The second kappa shape index (κ2) is 7.47. The van der Waals surface area contributed by atoms with Crippen LogP contribution < -0.4 is 14.4 Å². The molecule has 0 aromatic heterocycles. The number of benzene rings is 2. The lowest BCUT2D eigenvalue weighted by atomic mass is 9.91. The minimum atomic E-state index is 0.137. The number of allylic oxidation sites excluding steroid dienone is 1. The molecule has 0 spiro atoms. The number of carbonyl (C=O) groups excluding carboxylic acids is 1. The molecule has 1 aliphatic rings. The van der Waals surface area contributed by atoms with Crippen molar-refractivity contribution < 1.29 is 14.3 Å². The summed E-state index contributed by atoms with van der Waals surface area (Å²) in [4.78, 5) is 14.3. The van der Waals surface area contributed by atoms with Crippen LogP contribution in [-0.2, 0) is 11.2 Å². The smallest absolute Gasteiger partial charge is 0.231 e. The summed E-state index contributed by atoms with van der Waals surface area (Å²) >= 11 is 0. The SMILES string of the molecule is CCN1C(=O)Cc2c1ccc(C)c2-c1c(OC)cc(C=C(C)C)cc1OC. The average Bonchev–Trinajstić information content (AvgIpc) is 2.95. The van der Waals surface area contributed by atoms with E-state index in [1.165, 1.54) is 5.57 Å². The molecular weight excluding hydrogens is 338 g/mol. The van der Waals surface area contributed by atoms with E-state index in [1.807, 2.05) is 30.0 Å². The Bertz CT molecular complexity index is 898. The summed E-state index contributed by atoms with van der Waals surface area (Å²) in [5.74, 6) is 1.64. The largest absolute Gasteiger partial charge is 0.496 e. The molecule has 0 saturated carbocycles. The highest BCUT2D eigenvalue weighted by molar-refractivity contribution is 6.05. The number of methoxy groups -OCH3 is 2. The molecule has 27 heavy (non-hydrogen) atoms. The minimum absolute atomic E-state index is 0.137. The van der Waals surface area contributed by atoms with E-state index < -0.39 is 0 Å². The van der Waals surface area contributed by atoms with Gasteiger partial charge in [-0.2, -0.15) is 0 Å². The number of fused-ring (bicyclic) bond motifs is 1. The highest BCUT2D eigenvalue weighted by Gasteiger charge is 2.31. The number of anilines is 1. The summed E-state index contributed by atoms with van der Waals surface area (Å²) in [7, 11) is 3.35. The predicted octanol–water partition coefficient (Wildman–Crippen LogP) is 5.01. The second-order valence-electron chi connectivity index (χ2n) is 7.09. The summed E-state index contributed by atoms with van der Waals surface area (Å²) in [5.41, 5.74) is 7.32. The van der Waals surface area contributed by atoms with Crippen LogP contribution in [0.5, 0.6) is 11.5 Å². The van der Waals surface area contributed by atoms with Crippen molar-refractivity contribution in [3.8, 4) is 22.6 Å². The molecule has 0 aliphatic carbocycles. The van der Waals surface area contributed by atoms with E-state index in [4.69, 9.17) is 9.47 Å². The van der Waals surface area contributed by atoms with Crippen molar-refractivity contribution in [3.63, 3.8) is 0 Å². The lowest BCUT2D eigenvalue weighted by Crippen LogP contribution is -2.25. The van der Waals surface area contributed by atoms with Gasteiger partial charge in [0.1, 0.15) is 11.5 Å². The van der Waals surface area contributed by atoms with Crippen LogP contribution >= 0.6 is 0 Å². The van der Waals surface area contributed by atoms with Gasteiger partial charge in [-0.1, -0.05) is 17.7 Å². The van der Waals surface area contributed by atoms with Gasteiger partial charge in [0.25, 0.3) is 0 Å². The molecule has 2 aromatic rings. The number of likely N-dealkylation sites (N-methyl/N-ethyl adjacent to an activating group) is 1. The van der Waals surface area contributed by atoms with Crippen molar-refractivity contribution >= 4 is 17.7 Å². The molecule has 0 fully saturated rings. The van der Waals surface area contributed by atoms with Gasteiger partial charge in [0.15, 0.2) is 0 Å². The fraction of sp³-hybridized carbons (Fsp3) is 0.348. The number of aryl methyl sites for hydroxylation is 1. The molecule has 0 saturated heterocycles. The molecule has 1 heterocycles. The lowest BCUT2D eigenvalue weighted by Gasteiger charge is -2.20. The Labute approximate surface area is 161 Å². The molecule has 4 heteroatoms. The number of hydrogen-bond donors (Lipinski definition) is 0.